The van der Waals surface area contributed by atoms with E-state index in [1.165, 1.54) is 4.31 Å². The Kier molecular flexibility index (Phi) is 7.45. The lowest BCUT2D eigenvalue weighted by Gasteiger charge is -2.24. The summed E-state index contributed by atoms with van der Waals surface area (Å²) in [6.07, 6.45) is 1.77. The fraction of sp³-hybridized carbons (Fsp3) is 0.381. The van der Waals surface area contributed by atoms with Crippen molar-refractivity contribution in [3.8, 4) is 5.75 Å². The molecule has 0 aliphatic carbocycles. The number of carbonyl (C=O) groups is 1. The van der Waals surface area contributed by atoms with Crippen LogP contribution >= 0.6 is 0 Å². The van der Waals surface area contributed by atoms with E-state index in [4.69, 9.17) is 4.74 Å². The molecule has 0 saturated heterocycles. The van der Waals surface area contributed by atoms with Crippen molar-refractivity contribution in [3.05, 3.63) is 53.6 Å². The van der Waals surface area contributed by atoms with Gasteiger partial charge in [-0.05, 0) is 56.5 Å². The molecule has 2 aromatic carbocycles. The lowest BCUT2D eigenvalue weighted by molar-refractivity contribution is -0.116. The molecule has 6 nitrogen and oxygen atoms in total. The first kappa shape index (κ1) is 21.8. The van der Waals surface area contributed by atoms with E-state index >= 15 is 0 Å². The van der Waals surface area contributed by atoms with Crippen molar-refractivity contribution in [1.29, 1.82) is 0 Å². The van der Waals surface area contributed by atoms with Gasteiger partial charge in [0.25, 0.3) is 0 Å². The second kappa shape index (κ2) is 9.59. The number of nitrogens with one attached hydrogen (secondary N) is 1. The highest BCUT2D eigenvalue weighted by Crippen LogP contribution is 2.30. The molecule has 1 N–H and O–H groups in total. The predicted octanol–water partition coefficient (Wildman–Crippen LogP) is 3.89. The number of amides is 1. The molecule has 0 aliphatic rings. The molecular weight excluding hydrogens is 376 g/mol. The number of hydrogen-bond acceptors (Lipinski definition) is 4. The fourth-order valence-electron chi connectivity index (χ4n) is 2.87. The van der Waals surface area contributed by atoms with E-state index in [-0.39, 0.29) is 18.9 Å². The summed E-state index contributed by atoms with van der Waals surface area (Å²) in [7, 11) is -3.51. The predicted molar refractivity (Wildman–Crippen MR) is 114 cm³/mol. The largest absolute Gasteiger partial charge is 0.492 e. The van der Waals surface area contributed by atoms with Crippen LogP contribution in [0.1, 0.15) is 30.9 Å². The van der Waals surface area contributed by atoms with Crippen LogP contribution in [0.2, 0.25) is 0 Å². The van der Waals surface area contributed by atoms with E-state index in [1.807, 2.05) is 39.0 Å². The number of anilines is 2. The summed E-state index contributed by atoms with van der Waals surface area (Å²) < 4.78 is 31.5. The Bertz CT molecular complexity index is 926. The maximum absolute atomic E-state index is 12.3. The van der Waals surface area contributed by atoms with Gasteiger partial charge in [0.1, 0.15) is 5.75 Å². The second-order valence-corrected chi connectivity index (χ2v) is 8.61. The van der Waals surface area contributed by atoms with Crippen LogP contribution in [-0.2, 0) is 14.8 Å². The summed E-state index contributed by atoms with van der Waals surface area (Å²) in [5.74, 6) is 0.371. The van der Waals surface area contributed by atoms with E-state index in [1.54, 1.807) is 24.3 Å². The molecule has 1 amide bonds. The van der Waals surface area contributed by atoms with Gasteiger partial charge in [-0.15, -0.1) is 0 Å². The maximum Gasteiger partial charge on any atom is 0.232 e. The zero-order valence-electron chi connectivity index (χ0n) is 16.9. The Morgan fingerprint density at radius 2 is 1.86 bits per heavy atom. The van der Waals surface area contributed by atoms with Gasteiger partial charge >= 0.3 is 0 Å². The number of hydrogen-bond donors (Lipinski definition) is 1. The summed E-state index contributed by atoms with van der Waals surface area (Å²) in [6.45, 7) is 6.38. The van der Waals surface area contributed by atoms with E-state index in [9.17, 15) is 13.2 Å². The third kappa shape index (κ3) is 5.99. The van der Waals surface area contributed by atoms with Crippen LogP contribution < -0.4 is 14.4 Å². The Morgan fingerprint density at radius 3 is 2.54 bits per heavy atom. The number of sulfonamides is 1. The van der Waals surface area contributed by atoms with Crippen LogP contribution in [0.5, 0.6) is 5.75 Å². The SMILES string of the molecule is CCOc1ccccc1N(CCCC(=O)Nc1cc(C)ccc1C)S(C)(=O)=O. The van der Waals surface area contributed by atoms with Gasteiger partial charge in [-0.3, -0.25) is 9.10 Å². The van der Waals surface area contributed by atoms with Crippen LogP contribution in [0.3, 0.4) is 0 Å². The molecule has 0 saturated carbocycles. The van der Waals surface area contributed by atoms with Gasteiger partial charge in [0.05, 0.1) is 18.6 Å². The summed E-state index contributed by atoms with van der Waals surface area (Å²) in [6, 6.07) is 12.9. The Balaban J connectivity index is 2.05. The van der Waals surface area contributed by atoms with Crippen molar-refractivity contribution >= 4 is 27.3 Å². The van der Waals surface area contributed by atoms with Gasteiger partial charge in [0.15, 0.2) is 0 Å². The van der Waals surface area contributed by atoms with Crippen molar-refractivity contribution in [1.82, 2.24) is 0 Å². The Morgan fingerprint density at radius 1 is 1.14 bits per heavy atom. The highest BCUT2D eigenvalue weighted by atomic mass is 32.2. The third-order valence-electron chi connectivity index (χ3n) is 4.27. The minimum Gasteiger partial charge on any atom is -0.492 e. The zero-order valence-corrected chi connectivity index (χ0v) is 17.7. The molecule has 0 heterocycles. The van der Waals surface area contributed by atoms with Crippen LogP contribution in [-0.4, -0.2) is 33.7 Å². The van der Waals surface area contributed by atoms with E-state index < -0.39 is 10.0 Å². The number of benzene rings is 2. The number of carbonyl (C=O) groups excluding carboxylic acids is 1. The third-order valence-corrected chi connectivity index (χ3v) is 5.45. The van der Waals surface area contributed by atoms with Gasteiger partial charge in [0.2, 0.25) is 15.9 Å². The van der Waals surface area contributed by atoms with Crippen LogP contribution in [0.15, 0.2) is 42.5 Å². The molecule has 0 aromatic heterocycles. The number of nitrogens with zero attached hydrogens (tertiary/aromatic N) is 1. The van der Waals surface area contributed by atoms with Gasteiger partial charge in [-0.2, -0.15) is 0 Å². The molecule has 0 spiro atoms. The van der Waals surface area contributed by atoms with Crippen LogP contribution in [0.4, 0.5) is 11.4 Å². The molecule has 28 heavy (non-hydrogen) atoms. The highest BCUT2D eigenvalue weighted by Gasteiger charge is 2.21. The second-order valence-electron chi connectivity index (χ2n) is 6.71. The first-order valence-electron chi connectivity index (χ1n) is 9.29. The topological polar surface area (TPSA) is 75.7 Å². The molecule has 0 aliphatic heterocycles. The lowest BCUT2D eigenvalue weighted by atomic mass is 10.1. The smallest absolute Gasteiger partial charge is 0.232 e. The van der Waals surface area contributed by atoms with E-state index in [0.717, 1.165) is 23.1 Å². The van der Waals surface area contributed by atoms with Gasteiger partial charge in [-0.1, -0.05) is 24.3 Å². The monoisotopic (exact) mass is 404 g/mol. The highest BCUT2D eigenvalue weighted by molar-refractivity contribution is 7.92. The average Bonchev–Trinajstić information content (AvgIpc) is 2.62. The van der Waals surface area contributed by atoms with Crippen molar-refractivity contribution in [2.24, 2.45) is 0 Å². The molecule has 2 aromatic rings. The molecule has 152 valence electrons. The minimum atomic E-state index is -3.51. The molecular formula is C21H28N2O4S. The molecule has 0 fully saturated rings. The zero-order chi connectivity index (χ0) is 20.7. The van der Waals surface area contributed by atoms with Crippen molar-refractivity contribution < 1.29 is 17.9 Å². The summed E-state index contributed by atoms with van der Waals surface area (Å²) in [5.41, 5.74) is 3.33. The Labute approximate surface area is 167 Å². The maximum atomic E-state index is 12.3. The summed E-state index contributed by atoms with van der Waals surface area (Å²) in [5, 5.41) is 2.90. The molecule has 0 bridgehead atoms. The minimum absolute atomic E-state index is 0.139. The quantitative estimate of drug-likeness (QED) is 0.688. The lowest BCUT2D eigenvalue weighted by Crippen LogP contribution is -2.32. The first-order chi connectivity index (χ1) is 13.2. The number of aryl methyl sites for hydroxylation is 2. The van der Waals surface area contributed by atoms with E-state index in [0.29, 0.717) is 24.5 Å². The molecule has 0 unspecified atom stereocenters. The average molecular weight is 405 g/mol. The van der Waals surface area contributed by atoms with Crippen molar-refractivity contribution in [3.63, 3.8) is 0 Å². The number of rotatable bonds is 9. The molecule has 2 rings (SSSR count). The normalized spacial score (nSPS) is 11.1. The fourth-order valence-corrected chi connectivity index (χ4v) is 3.84. The number of para-hydroxylation sites is 2. The van der Waals surface area contributed by atoms with Crippen molar-refractivity contribution in [2.75, 3.05) is 29.0 Å². The van der Waals surface area contributed by atoms with Gasteiger partial charge in [-0.25, -0.2) is 8.42 Å². The van der Waals surface area contributed by atoms with Gasteiger partial charge in [0, 0.05) is 18.7 Å². The molecule has 0 atom stereocenters. The van der Waals surface area contributed by atoms with Crippen LogP contribution in [0, 0.1) is 13.8 Å². The van der Waals surface area contributed by atoms with Crippen LogP contribution in [0.25, 0.3) is 0 Å². The summed E-state index contributed by atoms with van der Waals surface area (Å²) in [4.78, 5) is 12.3. The molecule has 7 heteroatoms. The van der Waals surface area contributed by atoms with E-state index in [2.05, 4.69) is 5.32 Å². The summed E-state index contributed by atoms with van der Waals surface area (Å²) >= 11 is 0. The number of ether oxygens (including phenoxy) is 1. The Hall–Kier alpha value is -2.54. The first-order valence-corrected chi connectivity index (χ1v) is 11.1. The standard InChI is InChI=1S/C21H28N2O4S/c1-5-27-20-10-7-6-9-19(20)23(28(4,25)26)14-8-11-21(24)22-18-15-16(2)12-13-17(18)3/h6-7,9-10,12-13,15H,5,8,11,14H2,1-4H3,(H,22,24). The van der Waals surface area contributed by atoms with Gasteiger partial charge < -0.3 is 10.1 Å². The molecule has 0 radical (unpaired) electrons. The van der Waals surface area contributed by atoms with Crippen molar-refractivity contribution in [2.45, 2.75) is 33.6 Å².